The molecule has 0 aliphatic heterocycles. The highest BCUT2D eigenvalue weighted by molar-refractivity contribution is 6.00. The zero-order valence-electron chi connectivity index (χ0n) is 14.9. The lowest BCUT2D eigenvalue weighted by Crippen LogP contribution is -2.51. The predicted molar refractivity (Wildman–Crippen MR) is 91.8 cm³/mol. The molecule has 1 atom stereocenters. The number of Topliss-reactive ketones (excluding diaryl/α,β-unsaturated/α-hetero) is 1. The summed E-state index contributed by atoms with van der Waals surface area (Å²) in [5.74, 6) is -0.756. The number of ether oxygens (including phenoxy) is 1. The number of ketones is 1. The van der Waals surface area contributed by atoms with E-state index in [4.69, 9.17) is 4.74 Å². The van der Waals surface area contributed by atoms with Crippen LogP contribution in [0.5, 0.6) is 0 Å². The Morgan fingerprint density at radius 2 is 1.67 bits per heavy atom. The molecule has 1 unspecified atom stereocenters. The van der Waals surface area contributed by atoms with Crippen molar-refractivity contribution < 1.29 is 19.1 Å². The molecule has 2 amide bonds. The summed E-state index contributed by atoms with van der Waals surface area (Å²) in [6, 6.07) is 7.94. The molecular weight excluding hydrogens is 308 g/mol. The van der Waals surface area contributed by atoms with Gasteiger partial charge in [0.1, 0.15) is 11.6 Å². The van der Waals surface area contributed by atoms with Crippen LogP contribution in [0, 0.1) is 5.92 Å². The topological polar surface area (TPSA) is 84.5 Å². The second kappa shape index (κ2) is 8.47. The Hall–Kier alpha value is -2.37. The Kier molecular flexibility index (Phi) is 6.95. The number of rotatable bonds is 6. The third-order valence-electron chi connectivity index (χ3n) is 3.14. The molecule has 1 rings (SSSR count). The maximum Gasteiger partial charge on any atom is 0.408 e. The van der Waals surface area contributed by atoms with Gasteiger partial charge in [-0.25, -0.2) is 4.79 Å². The number of carbonyl (C=O) groups is 3. The largest absolute Gasteiger partial charge is 0.444 e. The standard InChI is InChI=1S/C18H26N2O4/c1-12(2)15(20-17(23)24-18(3,4)5)16(22)19-11-14(21)13-9-7-6-8-10-13/h6-10,12,15H,11H2,1-5H3,(H,19,22)(H,20,23). The van der Waals surface area contributed by atoms with E-state index in [0.717, 1.165) is 0 Å². The summed E-state index contributed by atoms with van der Waals surface area (Å²) >= 11 is 0. The van der Waals surface area contributed by atoms with Crippen molar-refractivity contribution in [3.63, 3.8) is 0 Å². The molecule has 24 heavy (non-hydrogen) atoms. The van der Waals surface area contributed by atoms with Crippen molar-refractivity contribution in [3.8, 4) is 0 Å². The zero-order valence-corrected chi connectivity index (χ0v) is 14.9. The van der Waals surface area contributed by atoms with Gasteiger partial charge >= 0.3 is 6.09 Å². The fraction of sp³-hybridized carbons (Fsp3) is 0.500. The minimum Gasteiger partial charge on any atom is -0.444 e. The Morgan fingerprint density at radius 3 is 2.17 bits per heavy atom. The monoisotopic (exact) mass is 334 g/mol. The summed E-state index contributed by atoms with van der Waals surface area (Å²) in [5.41, 5.74) is -0.121. The van der Waals surface area contributed by atoms with Crippen molar-refractivity contribution in [3.05, 3.63) is 35.9 Å². The lowest BCUT2D eigenvalue weighted by atomic mass is 10.0. The van der Waals surface area contributed by atoms with Crippen molar-refractivity contribution in [1.29, 1.82) is 0 Å². The van der Waals surface area contributed by atoms with Crippen LogP contribution in [0.2, 0.25) is 0 Å². The number of hydrogen-bond acceptors (Lipinski definition) is 4. The minimum atomic E-state index is -0.775. The van der Waals surface area contributed by atoms with Crippen LogP contribution < -0.4 is 10.6 Å². The van der Waals surface area contributed by atoms with Crippen LogP contribution in [0.15, 0.2) is 30.3 Å². The summed E-state index contributed by atoms with van der Waals surface area (Å²) in [4.78, 5) is 36.2. The molecule has 0 radical (unpaired) electrons. The first-order valence-electron chi connectivity index (χ1n) is 7.95. The Morgan fingerprint density at radius 1 is 1.08 bits per heavy atom. The Labute approximate surface area is 143 Å². The van der Waals surface area contributed by atoms with Gasteiger partial charge in [0.25, 0.3) is 0 Å². The highest BCUT2D eigenvalue weighted by atomic mass is 16.6. The molecule has 0 saturated carbocycles. The quantitative estimate of drug-likeness (QED) is 0.783. The van der Waals surface area contributed by atoms with E-state index in [1.165, 1.54) is 0 Å². The van der Waals surface area contributed by atoms with Crippen molar-refractivity contribution in [1.82, 2.24) is 10.6 Å². The van der Waals surface area contributed by atoms with E-state index < -0.39 is 23.6 Å². The van der Waals surface area contributed by atoms with Crippen molar-refractivity contribution in [2.24, 2.45) is 5.92 Å². The summed E-state index contributed by atoms with van der Waals surface area (Å²) < 4.78 is 5.17. The average molecular weight is 334 g/mol. The van der Waals surface area contributed by atoms with Gasteiger partial charge in [-0.05, 0) is 26.7 Å². The van der Waals surface area contributed by atoms with E-state index in [2.05, 4.69) is 10.6 Å². The van der Waals surface area contributed by atoms with Gasteiger partial charge in [0.05, 0.1) is 6.54 Å². The maximum atomic E-state index is 12.3. The molecule has 2 N–H and O–H groups in total. The second-order valence-electron chi connectivity index (χ2n) is 6.87. The number of hydrogen-bond donors (Lipinski definition) is 2. The Balaban J connectivity index is 2.61. The third-order valence-corrected chi connectivity index (χ3v) is 3.14. The van der Waals surface area contributed by atoms with E-state index in [1.807, 2.05) is 6.07 Å². The van der Waals surface area contributed by atoms with Crippen LogP contribution in [0.3, 0.4) is 0 Å². The number of alkyl carbamates (subject to hydrolysis) is 1. The molecule has 1 aromatic carbocycles. The molecule has 0 aromatic heterocycles. The van der Waals surface area contributed by atoms with Crippen LogP contribution in [0.4, 0.5) is 4.79 Å². The van der Waals surface area contributed by atoms with Crippen molar-refractivity contribution in [2.45, 2.75) is 46.3 Å². The molecule has 0 aliphatic rings. The molecule has 0 heterocycles. The van der Waals surface area contributed by atoms with E-state index >= 15 is 0 Å². The smallest absolute Gasteiger partial charge is 0.408 e. The molecule has 0 fully saturated rings. The summed E-state index contributed by atoms with van der Waals surface area (Å²) in [7, 11) is 0. The summed E-state index contributed by atoms with van der Waals surface area (Å²) in [6.07, 6.45) is -0.661. The third kappa shape index (κ3) is 6.81. The van der Waals surface area contributed by atoms with Gasteiger partial charge in [-0.15, -0.1) is 0 Å². The van der Waals surface area contributed by atoms with Crippen LogP contribution in [0.1, 0.15) is 45.0 Å². The van der Waals surface area contributed by atoms with Gasteiger partial charge in [-0.1, -0.05) is 44.2 Å². The van der Waals surface area contributed by atoms with E-state index in [9.17, 15) is 14.4 Å². The number of nitrogens with one attached hydrogen (secondary N) is 2. The first-order chi connectivity index (χ1) is 11.1. The fourth-order valence-electron chi connectivity index (χ4n) is 1.97. The Bertz CT molecular complexity index is 576. The molecular formula is C18H26N2O4. The number of carbonyl (C=O) groups excluding carboxylic acids is 3. The van der Waals surface area contributed by atoms with Crippen molar-refractivity contribution >= 4 is 17.8 Å². The van der Waals surface area contributed by atoms with Crippen molar-refractivity contribution in [2.75, 3.05) is 6.54 Å². The fourth-order valence-corrected chi connectivity index (χ4v) is 1.97. The SMILES string of the molecule is CC(C)C(NC(=O)OC(C)(C)C)C(=O)NCC(=O)c1ccccc1. The maximum absolute atomic E-state index is 12.3. The van der Waals surface area contributed by atoms with Gasteiger partial charge in [-0.2, -0.15) is 0 Å². The highest BCUT2D eigenvalue weighted by Gasteiger charge is 2.27. The van der Waals surface area contributed by atoms with E-state index in [1.54, 1.807) is 58.9 Å². The zero-order chi connectivity index (χ0) is 18.3. The molecule has 0 bridgehead atoms. The van der Waals surface area contributed by atoms with Crippen LogP contribution in [-0.2, 0) is 9.53 Å². The van der Waals surface area contributed by atoms with Gasteiger partial charge in [-0.3, -0.25) is 9.59 Å². The highest BCUT2D eigenvalue weighted by Crippen LogP contribution is 2.09. The van der Waals surface area contributed by atoms with Crippen LogP contribution in [-0.4, -0.2) is 36.0 Å². The number of benzene rings is 1. The minimum absolute atomic E-state index is 0.123. The molecule has 6 heteroatoms. The van der Waals surface area contributed by atoms with Gasteiger partial charge in [0.2, 0.25) is 5.91 Å². The second-order valence-corrected chi connectivity index (χ2v) is 6.87. The predicted octanol–water partition coefficient (Wildman–Crippen LogP) is 2.53. The normalized spacial score (nSPS) is 12.4. The number of amides is 2. The lowest BCUT2D eigenvalue weighted by Gasteiger charge is -2.25. The van der Waals surface area contributed by atoms with Gasteiger partial charge in [0.15, 0.2) is 5.78 Å². The lowest BCUT2D eigenvalue weighted by molar-refractivity contribution is -0.124. The molecule has 6 nitrogen and oxygen atoms in total. The summed E-state index contributed by atoms with van der Waals surface area (Å²) in [5, 5.41) is 5.12. The van der Waals surface area contributed by atoms with E-state index in [-0.39, 0.29) is 18.2 Å². The first kappa shape index (κ1) is 19.7. The molecule has 0 spiro atoms. The molecule has 0 saturated heterocycles. The molecule has 132 valence electrons. The van der Waals surface area contributed by atoms with Gasteiger partial charge < -0.3 is 15.4 Å². The van der Waals surface area contributed by atoms with Crippen LogP contribution in [0.25, 0.3) is 0 Å². The molecule has 1 aromatic rings. The summed E-state index contributed by atoms with van der Waals surface area (Å²) in [6.45, 7) is 8.73. The van der Waals surface area contributed by atoms with Crippen LogP contribution >= 0.6 is 0 Å². The molecule has 0 aliphatic carbocycles. The van der Waals surface area contributed by atoms with Gasteiger partial charge in [0, 0.05) is 5.56 Å². The average Bonchev–Trinajstić information content (AvgIpc) is 2.48. The van der Waals surface area contributed by atoms with E-state index in [0.29, 0.717) is 5.56 Å². The first-order valence-corrected chi connectivity index (χ1v) is 7.95.